The molecule has 2 aliphatic rings. The van der Waals surface area contributed by atoms with Gasteiger partial charge in [0.2, 0.25) is 5.54 Å². The van der Waals surface area contributed by atoms with Gasteiger partial charge in [0.15, 0.2) is 0 Å². The molecule has 2 N–H and O–H groups in total. The van der Waals surface area contributed by atoms with Crippen LogP contribution in [-0.2, 0) is 12.1 Å². The highest BCUT2D eigenvalue weighted by atomic mass is 19.4. The molecule has 0 bridgehead atoms. The highest BCUT2D eigenvalue weighted by Gasteiger charge is 2.59. The SMILES string of the molecule is Cc1ccn(Cc2cc3c(cc2F)[C@@](C#CC2CC2)(C(F)(F)F)NC(=O)N3)n1. The van der Waals surface area contributed by atoms with Gasteiger partial charge in [0.25, 0.3) is 0 Å². The number of carbonyl (C=O) groups is 1. The van der Waals surface area contributed by atoms with E-state index in [0.717, 1.165) is 24.6 Å². The molecule has 9 heteroatoms. The topological polar surface area (TPSA) is 59.0 Å². The average molecular weight is 392 g/mol. The number of urea groups is 1. The lowest BCUT2D eigenvalue weighted by atomic mass is 9.85. The summed E-state index contributed by atoms with van der Waals surface area (Å²) in [6, 6.07) is 2.69. The number of benzene rings is 1. The molecule has 0 radical (unpaired) electrons. The summed E-state index contributed by atoms with van der Waals surface area (Å²) in [6.45, 7) is 1.78. The summed E-state index contributed by atoms with van der Waals surface area (Å²) in [4.78, 5) is 12.0. The Morgan fingerprint density at radius 3 is 2.71 bits per heavy atom. The van der Waals surface area contributed by atoms with Crippen LogP contribution in [0, 0.1) is 30.5 Å². The fraction of sp³-hybridized carbons (Fsp3) is 0.368. The number of nitrogens with zero attached hydrogens (tertiary/aromatic N) is 2. The molecule has 1 atom stereocenters. The Labute approximate surface area is 158 Å². The maximum Gasteiger partial charge on any atom is 0.427 e. The maximum absolute atomic E-state index is 14.7. The van der Waals surface area contributed by atoms with Crippen molar-refractivity contribution in [2.24, 2.45) is 5.92 Å². The first kappa shape index (κ1) is 18.3. The third-order valence-corrected chi connectivity index (χ3v) is 4.71. The van der Waals surface area contributed by atoms with Crippen molar-refractivity contribution in [2.45, 2.75) is 38.0 Å². The van der Waals surface area contributed by atoms with Gasteiger partial charge in [0, 0.05) is 28.9 Å². The Kier molecular flexibility index (Phi) is 4.10. The molecule has 2 amide bonds. The summed E-state index contributed by atoms with van der Waals surface area (Å²) in [7, 11) is 0. The molecule has 1 aromatic carbocycles. The van der Waals surface area contributed by atoms with Gasteiger partial charge in [0.1, 0.15) is 5.82 Å². The number of hydrogen-bond acceptors (Lipinski definition) is 2. The molecule has 0 spiro atoms. The summed E-state index contributed by atoms with van der Waals surface area (Å²) in [6.07, 6.45) is -1.85. The van der Waals surface area contributed by atoms with E-state index in [2.05, 4.69) is 22.3 Å². The first-order chi connectivity index (χ1) is 13.2. The highest BCUT2D eigenvalue weighted by molar-refractivity contribution is 5.95. The van der Waals surface area contributed by atoms with E-state index >= 15 is 0 Å². The molecule has 0 unspecified atom stereocenters. The Morgan fingerprint density at radius 1 is 1.36 bits per heavy atom. The molecular formula is C19H16F4N4O. The van der Waals surface area contributed by atoms with Crippen LogP contribution in [0.25, 0.3) is 0 Å². The molecule has 2 heterocycles. The first-order valence-corrected chi connectivity index (χ1v) is 8.69. The molecule has 146 valence electrons. The van der Waals surface area contributed by atoms with E-state index in [-0.39, 0.29) is 23.7 Å². The normalized spacial score (nSPS) is 21.2. The number of aryl methyl sites for hydroxylation is 1. The van der Waals surface area contributed by atoms with E-state index in [0.29, 0.717) is 0 Å². The number of halogens is 4. The number of rotatable bonds is 2. The van der Waals surface area contributed by atoms with Gasteiger partial charge < -0.3 is 10.6 Å². The highest BCUT2D eigenvalue weighted by Crippen LogP contribution is 2.45. The Balaban J connectivity index is 1.82. The van der Waals surface area contributed by atoms with E-state index in [1.54, 1.807) is 19.2 Å². The van der Waals surface area contributed by atoms with E-state index in [4.69, 9.17) is 0 Å². The molecule has 1 saturated carbocycles. The minimum atomic E-state index is -4.92. The lowest BCUT2D eigenvalue weighted by Crippen LogP contribution is -2.59. The molecule has 4 rings (SSSR count). The van der Waals surface area contributed by atoms with Crippen LogP contribution in [0.2, 0.25) is 0 Å². The summed E-state index contributed by atoms with van der Waals surface area (Å²) in [5, 5.41) is 8.36. The molecule has 1 aromatic heterocycles. The van der Waals surface area contributed by atoms with Crippen molar-refractivity contribution in [1.29, 1.82) is 0 Å². The second-order valence-electron chi connectivity index (χ2n) is 7.01. The summed E-state index contributed by atoms with van der Waals surface area (Å²) in [5.41, 5.74) is -2.69. The number of aromatic nitrogens is 2. The van der Waals surface area contributed by atoms with Gasteiger partial charge in [-0.25, -0.2) is 9.18 Å². The van der Waals surface area contributed by atoms with Crippen LogP contribution >= 0.6 is 0 Å². The fourth-order valence-electron chi connectivity index (χ4n) is 3.10. The Bertz CT molecular complexity index is 1010. The van der Waals surface area contributed by atoms with Crippen molar-refractivity contribution in [2.75, 3.05) is 5.32 Å². The second-order valence-corrected chi connectivity index (χ2v) is 7.01. The van der Waals surface area contributed by atoms with Crippen molar-refractivity contribution in [3.63, 3.8) is 0 Å². The molecule has 5 nitrogen and oxygen atoms in total. The van der Waals surface area contributed by atoms with E-state index < -0.39 is 29.1 Å². The molecule has 1 fully saturated rings. The molecule has 28 heavy (non-hydrogen) atoms. The fourth-order valence-corrected chi connectivity index (χ4v) is 3.10. The summed E-state index contributed by atoms with van der Waals surface area (Å²) < 4.78 is 58.2. The van der Waals surface area contributed by atoms with Crippen molar-refractivity contribution in [3.8, 4) is 11.8 Å². The zero-order valence-corrected chi connectivity index (χ0v) is 14.8. The van der Waals surface area contributed by atoms with E-state index in [1.807, 2.05) is 5.32 Å². The zero-order valence-electron chi connectivity index (χ0n) is 14.8. The van der Waals surface area contributed by atoms with Gasteiger partial charge in [0.05, 0.1) is 12.2 Å². The third-order valence-electron chi connectivity index (χ3n) is 4.71. The number of hydrogen-bond donors (Lipinski definition) is 2. The first-order valence-electron chi connectivity index (χ1n) is 8.69. The number of amides is 2. The largest absolute Gasteiger partial charge is 0.427 e. The van der Waals surface area contributed by atoms with Gasteiger partial charge in [-0.2, -0.15) is 18.3 Å². The standard InChI is InChI=1S/C19H16F4N4O/c1-11-5-7-27(26-11)10-13-8-16-14(9-15(13)20)18(19(21,22)23,25-17(28)24-16)6-4-12-2-3-12/h5,7-9,12H,2-3,10H2,1H3,(H2,24,25,28)/t18-/m0/s1. The summed E-state index contributed by atoms with van der Waals surface area (Å²) in [5.74, 6) is 3.80. The number of anilines is 1. The predicted octanol–water partition coefficient (Wildman–Crippen LogP) is 3.69. The lowest BCUT2D eigenvalue weighted by molar-refractivity contribution is -0.178. The van der Waals surface area contributed by atoms with Crippen LogP contribution in [0.1, 0.15) is 29.7 Å². The molecule has 1 aliphatic carbocycles. The molecule has 1 aliphatic heterocycles. The minimum Gasteiger partial charge on any atom is -0.310 e. The van der Waals surface area contributed by atoms with Crippen molar-refractivity contribution >= 4 is 11.7 Å². The van der Waals surface area contributed by atoms with Crippen molar-refractivity contribution < 1.29 is 22.4 Å². The van der Waals surface area contributed by atoms with Gasteiger partial charge >= 0.3 is 12.2 Å². The molecule has 0 saturated heterocycles. The van der Waals surface area contributed by atoms with Gasteiger partial charge in [-0.3, -0.25) is 4.68 Å². The van der Waals surface area contributed by atoms with E-state index in [1.165, 1.54) is 10.7 Å². The zero-order chi connectivity index (χ0) is 20.1. The maximum atomic E-state index is 14.7. The number of alkyl halides is 3. The average Bonchev–Trinajstić information content (AvgIpc) is 3.34. The number of fused-ring (bicyclic) bond motifs is 1. The van der Waals surface area contributed by atoms with Crippen LogP contribution in [0.3, 0.4) is 0 Å². The van der Waals surface area contributed by atoms with Crippen LogP contribution in [0.15, 0.2) is 24.4 Å². The van der Waals surface area contributed by atoms with Gasteiger partial charge in [-0.15, -0.1) is 0 Å². The number of nitrogens with one attached hydrogen (secondary N) is 2. The second kappa shape index (κ2) is 6.26. The smallest absolute Gasteiger partial charge is 0.310 e. The van der Waals surface area contributed by atoms with Crippen molar-refractivity contribution in [3.05, 3.63) is 47.0 Å². The minimum absolute atomic E-state index is 0.0169. The van der Waals surface area contributed by atoms with Crippen LogP contribution in [0.5, 0.6) is 0 Å². The number of carbonyl (C=O) groups excluding carboxylic acids is 1. The predicted molar refractivity (Wildman–Crippen MR) is 92.9 cm³/mol. The van der Waals surface area contributed by atoms with Crippen LogP contribution < -0.4 is 10.6 Å². The third kappa shape index (κ3) is 3.19. The molecular weight excluding hydrogens is 376 g/mol. The molecule has 2 aromatic rings. The van der Waals surface area contributed by atoms with Crippen molar-refractivity contribution in [1.82, 2.24) is 15.1 Å². The Morgan fingerprint density at radius 2 is 2.11 bits per heavy atom. The lowest BCUT2D eigenvalue weighted by Gasteiger charge is -2.37. The van der Waals surface area contributed by atoms with Gasteiger partial charge in [-0.1, -0.05) is 11.8 Å². The summed E-state index contributed by atoms with van der Waals surface area (Å²) >= 11 is 0. The van der Waals surface area contributed by atoms with Gasteiger partial charge in [-0.05, 0) is 38.0 Å². The van der Waals surface area contributed by atoms with Crippen LogP contribution in [-0.4, -0.2) is 22.0 Å². The van der Waals surface area contributed by atoms with E-state index in [9.17, 15) is 22.4 Å². The van der Waals surface area contributed by atoms with Crippen LogP contribution in [0.4, 0.5) is 28.0 Å². The monoisotopic (exact) mass is 392 g/mol. The quantitative estimate of drug-likeness (QED) is 0.605. The Hall–Kier alpha value is -3.02.